The predicted octanol–water partition coefficient (Wildman–Crippen LogP) is 3.27. The number of morpholine rings is 1. The highest BCUT2D eigenvalue weighted by Gasteiger charge is 2.28. The Morgan fingerprint density at radius 3 is 3.00 bits per heavy atom. The molecule has 1 fully saturated rings. The molecule has 0 bridgehead atoms. The highest BCUT2D eigenvalue weighted by molar-refractivity contribution is 6.30. The summed E-state index contributed by atoms with van der Waals surface area (Å²) in [6.45, 7) is 3.30. The summed E-state index contributed by atoms with van der Waals surface area (Å²) in [6, 6.07) is 3.09. The van der Waals surface area contributed by atoms with Crippen molar-refractivity contribution < 1.29 is 9.13 Å². The van der Waals surface area contributed by atoms with Crippen LogP contribution in [-0.4, -0.2) is 48.7 Å². The number of nitrogens with zero attached hydrogens (tertiary/aromatic N) is 6. The van der Waals surface area contributed by atoms with E-state index in [1.807, 2.05) is 13.1 Å². The van der Waals surface area contributed by atoms with Crippen molar-refractivity contribution in [3.05, 3.63) is 59.5 Å². The average molecular weight is 414 g/mol. The van der Waals surface area contributed by atoms with Gasteiger partial charge in [0.05, 0.1) is 41.5 Å². The number of rotatable bonds is 3. The summed E-state index contributed by atoms with van der Waals surface area (Å²) in [5, 5.41) is 6.86. The Hall–Kier alpha value is -3.04. The third-order valence-corrected chi connectivity index (χ3v) is 5.17. The third kappa shape index (κ3) is 3.32. The maximum Gasteiger partial charge on any atom is 0.226 e. The van der Waals surface area contributed by atoms with Crippen molar-refractivity contribution in [1.82, 2.24) is 29.5 Å². The molecule has 0 saturated carbocycles. The van der Waals surface area contributed by atoms with Gasteiger partial charge in [0.25, 0.3) is 0 Å². The molecule has 0 amide bonds. The number of aromatic nitrogens is 6. The fourth-order valence-electron chi connectivity index (χ4n) is 3.54. The van der Waals surface area contributed by atoms with Crippen molar-refractivity contribution >= 4 is 23.2 Å². The van der Waals surface area contributed by atoms with Crippen molar-refractivity contribution in [3.8, 4) is 11.4 Å². The minimum Gasteiger partial charge on any atom is -0.367 e. The first-order valence-electron chi connectivity index (χ1n) is 9.13. The molecule has 5 heterocycles. The first kappa shape index (κ1) is 18.0. The van der Waals surface area contributed by atoms with Crippen LogP contribution in [0.1, 0.15) is 18.6 Å². The first-order valence-corrected chi connectivity index (χ1v) is 9.51. The summed E-state index contributed by atoms with van der Waals surface area (Å²) in [5.74, 6) is 0.0848. The van der Waals surface area contributed by atoms with Crippen LogP contribution < -0.4 is 4.90 Å². The first-order chi connectivity index (χ1) is 14.1. The van der Waals surface area contributed by atoms with E-state index < -0.39 is 5.82 Å². The van der Waals surface area contributed by atoms with E-state index in [1.165, 1.54) is 12.3 Å². The summed E-state index contributed by atoms with van der Waals surface area (Å²) in [6.07, 6.45) is 8.33. The molecule has 2 atom stereocenters. The summed E-state index contributed by atoms with van der Waals surface area (Å²) in [5.41, 5.74) is 2.82. The molecule has 5 rings (SSSR count). The van der Waals surface area contributed by atoms with Gasteiger partial charge in [0, 0.05) is 36.8 Å². The Labute approximate surface area is 170 Å². The summed E-state index contributed by atoms with van der Waals surface area (Å²) in [4.78, 5) is 15.5. The van der Waals surface area contributed by atoms with Gasteiger partial charge in [-0.1, -0.05) is 11.6 Å². The Balaban J connectivity index is 1.49. The molecule has 8 nitrogen and oxygen atoms in total. The molecule has 0 aromatic carbocycles. The van der Waals surface area contributed by atoms with Gasteiger partial charge in [0.1, 0.15) is 17.6 Å². The Morgan fingerprint density at radius 1 is 1.28 bits per heavy atom. The van der Waals surface area contributed by atoms with Crippen LogP contribution in [0.2, 0.25) is 5.02 Å². The molecule has 1 saturated heterocycles. The molecule has 29 heavy (non-hydrogen) atoms. The van der Waals surface area contributed by atoms with E-state index in [0.717, 1.165) is 5.56 Å². The predicted molar refractivity (Wildman–Crippen MR) is 105 cm³/mol. The molecule has 10 heteroatoms. The number of H-pyrrole nitrogens is 1. The van der Waals surface area contributed by atoms with Crippen molar-refractivity contribution in [2.24, 2.45) is 0 Å². The van der Waals surface area contributed by atoms with E-state index in [2.05, 4.69) is 25.1 Å². The number of ether oxygens (including phenoxy) is 1. The van der Waals surface area contributed by atoms with Gasteiger partial charge in [-0.05, 0) is 13.0 Å². The minimum absolute atomic E-state index is 0.00786. The largest absolute Gasteiger partial charge is 0.367 e. The molecule has 0 spiro atoms. The molecule has 0 radical (unpaired) electrons. The van der Waals surface area contributed by atoms with Crippen LogP contribution >= 0.6 is 11.6 Å². The molecule has 0 unspecified atom stereocenters. The fourth-order valence-corrected chi connectivity index (χ4v) is 3.70. The number of hydrogen-bond acceptors (Lipinski definition) is 6. The van der Waals surface area contributed by atoms with Crippen LogP contribution in [0, 0.1) is 5.82 Å². The van der Waals surface area contributed by atoms with E-state index in [1.54, 1.807) is 29.1 Å². The van der Waals surface area contributed by atoms with Gasteiger partial charge in [-0.3, -0.25) is 9.50 Å². The van der Waals surface area contributed by atoms with E-state index in [-0.39, 0.29) is 17.2 Å². The minimum atomic E-state index is -0.507. The standard InChI is InChI=1S/C19H17ClFN7O/c1-11-8-27(10-17(29-11)12-5-24-25-6-12)19-22-3-2-15(26-19)16-7-23-18-4-14(21)13(20)9-28(16)18/h2-7,9,11,17H,8,10H2,1H3,(H,24,25)/t11-,17+/m1/s1. The molecule has 1 N–H and O–H groups in total. The van der Waals surface area contributed by atoms with E-state index in [9.17, 15) is 4.39 Å². The molecule has 4 aromatic heterocycles. The third-order valence-electron chi connectivity index (χ3n) is 4.89. The molecule has 0 aliphatic carbocycles. The zero-order valence-electron chi connectivity index (χ0n) is 15.5. The Kier molecular flexibility index (Phi) is 4.40. The van der Waals surface area contributed by atoms with Gasteiger partial charge in [-0.25, -0.2) is 19.3 Å². The smallest absolute Gasteiger partial charge is 0.226 e. The van der Waals surface area contributed by atoms with E-state index in [4.69, 9.17) is 21.3 Å². The number of aromatic amines is 1. The second kappa shape index (κ2) is 7.09. The van der Waals surface area contributed by atoms with Gasteiger partial charge >= 0.3 is 0 Å². The normalized spacial score (nSPS) is 19.8. The van der Waals surface area contributed by atoms with Gasteiger partial charge in [0.15, 0.2) is 0 Å². The van der Waals surface area contributed by atoms with Crippen LogP contribution in [0.25, 0.3) is 17.0 Å². The lowest BCUT2D eigenvalue weighted by molar-refractivity contribution is -0.0178. The lowest BCUT2D eigenvalue weighted by Gasteiger charge is -2.36. The number of hydrogen-bond donors (Lipinski definition) is 1. The number of pyridine rings is 1. The highest BCUT2D eigenvalue weighted by Crippen LogP contribution is 2.28. The average Bonchev–Trinajstić information content (AvgIpc) is 3.38. The fraction of sp³-hybridized carbons (Fsp3) is 0.263. The lowest BCUT2D eigenvalue weighted by Crippen LogP contribution is -2.43. The number of halogens is 2. The maximum absolute atomic E-state index is 13.7. The van der Waals surface area contributed by atoms with E-state index >= 15 is 0 Å². The molecule has 4 aromatic rings. The highest BCUT2D eigenvalue weighted by atomic mass is 35.5. The monoisotopic (exact) mass is 413 g/mol. The zero-order chi connectivity index (χ0) is 20.0. The van der Waals surface area contributed by atoms with Crippen LogP contribution in [0.15, 0.2) is 43.1 Å². The van der Waals surface area contributed by atoms with Crippen molar-refractivity contribution in [1.29, 1.82) is 0 Å². The van der Waals surface area contributed by atoms with Crippen molar-refractivity contribution in [2.75, 3.05) is 18.0 Å². The number of imidazole rings is 1. The van der Waals surface area contributed by atoms with Gasteiger partial charge < -0.3 is 9.64 Å². The molecule has 148 valence electrons. The van der Waals surface area contributed by atoms with E-state index in [0.29, 0.717) is 36.1 Å². The van der Waals surface area contributed by atoms with Crippen LogP contribution in [0.5, 0.6) is 0 Å². The topological polar surface area (TPSA) is 84.2 Å². The van der Waals surface area contributed by atoms with Crippen LogP contribution in [0.4, 0.5) is 10.3 Å². The second-order valence-corrected chi connectivity index (χ2v) is 7.36. The quantitative estimate of drug-likeness (QED) is 0.555. The van der Waals surface area contributed by atoms with Gasteiger partial charge in [0.2, 0.25) is 5.95 Å². The summed E-state index contributed by atoms with van der Waals surface area (Å²) >= 11 is 5.95. The molecule has 1 aliphatic heterocycles. The summed E-state index contributed by atoms with van der Waals surface area (Å²) in [7, 11) is 0. The number of anilines is 1. The lowest BCUT2D eigenvalue weighted by atomic mass is 10.1. The number of nitrogens with one attached hydrogen (secondary N) is 1. The summed E-state index contributed by atoms with van der Waals surface area (Å²) < 4.78 is 21.5. The van der Waals surface area contributed by atoms with Gasteiger partial charge in [-0.15, -0.1) is 0 Å². The number of fused-ring (bicyclic) bond motifs is 1. The van der Waals surface area contributed by atoms with Gasteiger partial charge in [-0.2, -0.15) is 5.10 Å². The second-order valence-electron chi connectivity index (χ2n) is 6.95. The van der Waals surface area contributed by atoms with Crippen LogP contribution in [-0.2, 0) is 4.74 Å². The maximum atomic E-state index is 13.7. The molecular weight excluding hydrogens is 397 g/mol. The molecule has 1 aliphatic rings. The zero-order valence-corrected chi connectivity index (χ0v) is 16.2. The SMILES string of the molecule is C[C@@H]1CN(c2nccc(-c3cnc4cc(F)c(Cl)cn34)n2)C[C@@H](c2cn[nH]c2)O1. The Morgan fingerprint density at radius 2 is 2.17 bits per heavy atom. The molecular formula is C19H17ClFN7O. The van der Waals surface area contributed by atoms with Crippen molar-refractivity contribution in [2.45, 2.75) is 19.1 Å². The Bertz CT molecular complexity index is 1160. The van der Waals surface area contributed by atoms with Crippen LogP contribution in [0.3, 0.4) is 0 Å². The van der Waals surface area contributed by atoms with Crippen molar-refractivity contribution in [3.63, 3.8) is 0 Å².